The fraction of sp³-hybridized carbons (Fsp3) is 0.125. The standard InChI is InChI=1S/C8H5Cl2NO3S/c9-7(10)8(13)14-11-5(4-12)6-2-1-3-15-6/h1-4,7H. The van der Waals surface area contributed by atoms with Crippen molar-refractivity contribution in [3.8, 4) is 0 Å². The van der Waals surface area contributed by atoms with Gasteiger partial charge in [-0.15, -0.1) is 11.3 Å². The Hall–Kier alpha value is -0.910. The molecule has 0 aliphatic rings. The second-order valence-corrected chi connectivity index (χ2v) is 4.33. The molecular formula is C8H5Cl2NO3S. The summed E-state index contributed by atoms with van der Waals surface area (Å²) in [5.41, 5.74) is 0.0207. The van der Waals surface area contributed by atoms with Crippen LogP contribution in [0.5, 0.6) is 0 Å². The Labute approximate surface area is 99.4 Å². The van der Waals surface area contributed by atoms with Crippen molar-refractivity contribution >= 4 is 52.5 Å². The van der Waals surface area contributed by atoms with Gasteiger partial charge < -0.3 is 4.84 Å². The molecule has 0 aromatic carbocycles. The lowest BCUT2D eigenvalue weighted by Crippen LogP contribution is -2.11. The number of carbonyl (C=O) groups is 2. The number of alkyl halides is 2. The predicted molar refractivity (Wildman–Crippen MR) is 58.5 cm³/mol. The third-order valence-electron chi connectivity index (χ3n) is 1.30. The van der Waals surface area contributed by atoms with E-state index in [1.165, 1.54) is 11.3 Å². The Morgan fingerprint density at radius 2 is 2.33 bits per heavy atom. The first-order valence-corrected chi connectivity index (χ1v) is 5.46. The van der Waals surface area contributed by atoms with E-state index in [2.05, 4.69) is 9.99 Å². The van der Waals surface area contributed by atoms with Gasteiger partial charge in [0.1, 0.15) is 0 Å². The molecule has 0 saturated heterocycles. The minimum atomic E-state index is -1.31. The fourth-order valence-electron chi connectivity index (χ4n) is 0.683. The van der Waals surface area contributed by atoms with Gasteiger partial charge in [0.15, 0.2) is 12.0 Å². The molecule has 0 bridgehead atoms. The lowest BCUT2D eigenvalue weighted by molar-refractivity contribution is -0.141. The predicted octanol–water partition coefficient (Wildman–Crippen LogP) is 2.00. The molecule has 0 aliphatic carbocycles. The second-order valence-electron chi connectivity index (χ2n) is 2.28. The molecule has 0 atom stereocenters. The number of hydrogen-bond donors (Lipinski definition) is 0. The van der Waals surface area contributed by atoms with E-state index in [4.69, 9.17) is 23.2 Å². The number of carbonyl (C=O) groups excluding carboxylic acids is 2. The van der Waals surface area contributed by atoms with Crippen LogP contribution in [0.1, 0.15) is 4.88 Å². The number of aldehydes is 1. The van der Waals surface area contributed by atoms with E-state index < -0.39 is 10.8 Å². The minimum absolute atomic E-state index is 0.0207. The molecule has 0 aliphatic heterocycles. The van der Waals surface area contributed by atoms with E-state index in [0.717, 1.165) is 0 Å². The van der Waals surface area contributed by atoms with E-state index >= 15 is 0 Å². The Kier molecular flexibility index (Phi) is 4.74. The van der Waals surface area contributed by atoms with Crippen LogP contribution in [0.4, 0.5) is 0 Å². The molecule has 1 aromatic heterocycles. The highest BCUT2D eigenvalue weighted by Crippen LogP contribution is 2.10. The van der Waals surface area contributed by atoms with Gasteiger partial charge in [0.05, 0.1) is 4.88 Å². The average molecular weight is 266 g/mol. The van der Waals surface area contributed by atoms with Gasteiger partial charge in [-0.1, -0.05) is 34.4 Å². The molecular weight excluding hydrogens is 261 g/mol. The van der Waals surface area contributed by atoms with Gasteiger partial charge in [-0.3, -0.25) is 4.79 Å². The summed E-state index contributed by atoms with van der Waals surface area (Å²) in [7, 11) is 0. The highest BCUT2D eigenvalue weighted by molar-refractivity contribution is 7.12. The third-order valence-corrected chi connectivity index (χ3v) is 2.55. The van der Waals surface area contributed by atoms with Crippen molar-refractivity contribution in [1.82, 2.24) is 0 Å². The normalized spacial score (nSPS) is 11.5. The molecule has 0 radical (unpaired) electrons. The Bertz CT molecular complexity index is 375. The maximum atomic E-state index is 10.8. The van der Waals surface area contributed by atoms with Crippen LogP contribution in [0.15, 0.2) is 22.7 Å². The van der Waals surface area contributed by atoms with Gasteiger partial charge >= 0.3 is 5.97 Å². The van der Waals surface area contributed by atoms with Crippen LogP contribution in [0.25, 0.3) is 0 Å². The van der Waals surface area contributed by atoms with Crippen molar-refractivity contribution in [2.45, 2.75) is 4.84 Å². The summed E-state index contributed by atoms with van der Waals surface area (Å²) in [6, 6.07) is 3.41. The monoisotopic (exact) mass is 265 g/mol. The first-order valence-electron chi connectivity index (χ1n) is 3.71. The average Bonchev–Trinajstić information content (AvgIpc) is 2.71. The maximum absolute atomic E-state index is 10.8. The van der Waals surface area contributed by atoms with Crippen molar-refractivity contribution in [1.29, 1.82) is 0 Å². The van der Waals surface area contributed by atoms with E-state index in [0.29, 0.717) is 11.2 Å². The van der Waals surface area contributed by atoms with Crippen molar-refractivity contribution in [3.05, 3.63) is 22.4 Å². The van der Waals surface area contributed by atoms with Crippen LogP contribution in [-0.2, 0) is 14.4 Å². The number of hydrogen-bond acceptors (Lipinski definition) is 5. The van der Waals surface area contributed by atoms with E-state index in [9.17, 15) is 9.59 Å². The first kappa shape index (κ1) is 12.2. The molecule has 80 valence electrons. The zero-order chi connectivity index (χ0) is 11.3. The van der Waals surface area contributed by atoms with Gasteiger partial charge in [-0.2, -0.15) is 0 Å². The smallest absolute Gasteiger partial charge is 0.314 e. The number of nitrogens with zero attached hydrogens (tertiary/aromatic N) is 1. The molecule has 7 heteroatoms. The number of rotatable bonds is 4. The van der Waals surface area contributed by atoms with E-state index in [1.54, 1.807) is 17.5 Å². The molecule has 1 heterocycles. The topological polar surface area (TPSA) is 55.7 Å². The zero-order valence-electron chi connectivity index (χ0n) is 7.22. The van der Waals surface area contributed by atoms with E-state index in [-0.39, 0.29) is 5.71 Å². The lowest BCUT2D eigenvalue weighted by atomic mass is 10.3. The minimum Gasteiger partial charge on any atom is -0.314 e. The molecule has 4 nitrogen and oxygen atoms in total. The fourth-order valence-corrected chi connectivity index (χ4v) is 1.43. The van der Waals surface area contributed by atoms with Gasteiger partial charge in [0.25, 0.3) is 0 Å². The van der Waals surface area contributed by atoms with Crippen molar-refractivity contribution < 1.29 is 14.4 Å². The first-order chi connectivity index (χ1) is 7.15. The molecule has 15 heavy (non-hydrogen) atoms. The lowest BCUT2D eigenvalue weighted by Gasteiger charge is -1.97. The molecule has 0 spiro atoms. The van der Waals surface area contributed by atoms with Crippen LogP contribution in [0.3, 0.4) is 0 Å². The highest BCUT2D eigenvalue weighted by Gasteiger charge is 2.14. The molecule has 0 fully saturated rings. The summed E-state index contributed by atoms with van der Waals surface area (Å²) >= 11 is 11.7. The summed E-state index contributed by atoms with van der Waals surface area (Å²) in [4.78, 5) is 25.1. The Morgan fingerprint density at radius 1 is 1.60 bits per heavy atom. The molecule has 1 aromatic rings. The third kappa shape index (κ3) is 3.62. The van der Waals surface area contributed by atoms with Gasteiger partial charge in [-0.05, 0) is 11.4 Å². The highest BCUT2D eigenvalue weighted by atomic mass is 35.5. The maximum Gasteiger partial charge on any atom is 0.367 e. The van der Waals surface area contributed by atoms with Crippen LogP contribution in [0.2, 0.25) is 0 Å². The number of oxime groups is 1. The summed E-state index contributed by atoms with van der Waals surface area (Å²) in [5.74, 6) is -0.922. The SMILES string of the molecule is O=CC(=NOC(=O)C(Cl)Cl)c1cccs1. The largest absolute Gasteiger partial charge is 0.367 e. The summed E-state index contributed by atoms with van der Waals surface area (Å²) in [5, 5.41) is 5.11. The van der Waals surface area contributed by atoms with Crippen molar-refractivity contribution in [2.24, 2.45) is 5.16 Å². The second kappa shape index (κ2) is 5.85. The van der Waals surface area contributed by atoms with Crippen LogP contribution in [-0.4, -0.2) is 22.8 Å². The van der Waals surface area contributed by atoms with Crippen molar-refractivity contribution in [3.63, 3.8) is 0 Å². The van der Waals surface area contributed by atoms with Crippen molar-refractivity contribution in [2.75, 3.05) is 0 Å². The number of thiophene rings is 1. The zero-order valence-corrected chi connectivity index (χ0v) is 9.55. The van der Waals surface area contributed by atoms with Gasteiger partial charge in [0.2, 0.25) is 4.84 Å². The molecule has 0 unspecified atom stereocenters. The molecule has 0 saturated carbocycles. The van der Waals surface area contributed by atoms with Crippen LogP contribution in [0, 0.1) is 0 Å². The Balaban J connectivity index is 2.72. The number of halogens is 2. The van der Waals surface area contributed by atoms with E-state index in [1.807, 2.05) is 0 Å². The Morgan fingerprint density at radius 3 is 2.80 bits per heavy atom. The molecule has 0 N–H and O–H groups in total. The van der Waals surface area contributed by atoms with Gasteiger partial charge in [-0.25, -0.2) is 4.79 Å². The van der Waals surface area contributed by atoms with Crippen LogP contribution < -0.4 is 0 Å². The quantitative estimate of drug-likeness (QED) is 0.275. The molecule has 0 amide bonds. The summed E-state index contributed by atoms with van der Waals surface area (Å²) < 4.78 is 0. The summed E-state index contributed by atoms with van der Waals surface area (Å²) in [6.45, 7) is 0. The van der Waals surface area contributed by atoms with Crippen LogP contribution >= 0.6 is 34.5 Å². The van der Waals surface area contributed by atoms with Gasteiger partial charge in [0, 0.05) is 0 Å². The molecule has 1 rings (SSSR count). The summed E-state index contributed by atoms with van der Waals surface area (Å²) in [6.07, 6.45) is 0.483.